The molecule has 2 aromatic rings. The van der Waals surface area contributed by atoms with Crippen LogP contribution in [-0.2, 0) is 10.9 Å². The van der Waals surface area contributed by atoms with Crippen LogP contribution < -0.4 is 5.73 Å². The van der Waals surface area contributed by atoms with Gasteiger partial charge in [0, 0.05) is 12.0 Å². The lowest BCUT2D eigenvalue weighted by molar-refractivity contribution is -0.136. The molecule has 0 unspecified atom stereocenters. The third-order valence-electron chi connectivity index (χ3n) is 3.56. The highest BCUT2D eigenvalue weighted by atomic mass is 19.4. The topological polar surface area (TPSA) is 53.1 Å². The first kappa shape index (κ1) is 13.2. The van der Waals surface area contributed by atoms with Crippen LogP contribution in [0.3, 0.4) is 0 Å². The van der Waals surface area contributed by atoms with Gasteiger partial charge in [-0.1, -0.05) is 0 Å². The summed E-state index contributed by atoms with van der Waals surface area (Å²) >= 11 is 0. The third kappa shape index (κ3) is 2.11. The smallest absolute Gasteiger partial charge is 0.398 e. The average Bonchev–Trinajstić information content (AvgIpc) is 2.83. The number of nitrogen functional groups attached to an aromatic ring is 1. The Kier molecular flexibility index (Phi) is 3.08. The van der Waals surface area contributed by atoms with Gasteiger partial charge in [-0.3, -0.25) is 0 Å². The number of anilines is 1. The number of hydrogen-bond donors (Lipinski definition) is 1. The molecule has 7 heteroatoms. The van der Waals surface area contributed by atoms with Gasteiger partial charge in [0.2, 0.25) is 0 Å². The Morgan fingerprint density at radius 2 is 2.10 bits per heavy atom. The zero-order chi connectivity index (χ0) is 14.3. The monoisotopic (exact) mass is 285 g/mol. The number of fused-ring (bicyclic) bond motifs is 1. The van der Waals surface area contributed by atoms with Gasteiger partial charge in [-0.25, -0.2) is 4.68 Å². The average molecular weight is 285 g/mol. The van der Waals surface area contributed by atoms with Crippen LogP contribution in [0.2, 0.25) is 0 Å². The molecule has 1 aliphatic heterocycles. The van der Waals surface area contributed by atoms with Crippen LogP contribution in [-0.4, -0.2) is 16.4 Å². The van der Waals surface area contributed by atoms with Crippen LogP contribution in [0.1, 0.15) is 31.1 Å². The lowest BCUT2D eigenvalue weighted by Gasteiger charge is -2.23. The molecule has 1 atom stereocenters. The number of aromatic nitrogens is 2. The zero-order valence-electron chi connectivity index (χ0n) is 10.7. The lowest BCUT2D eigenvalue weighted by atomic mass is 10.1. The number of ether oxygens (including phenoxy) is 1. The molecule has 1 aromatic carbocycles. The molecular formula is C13H14F3N3O. The van der Waals surface area contributed by atoms with Crippen molar-refractivity contribution in [3.05, 3.63) is 23.9 Å². The first-order valence-corrected chi connectivity index (χ1v) is 6.43. The summed E-state index contributed by atoms with van der Waals surface area (Å²) in [7, 11) is 0. The van der Waals surface area contributed by atoms with Gasteiger partial charge in [0.1, 0.15) is 0 Å². The van der Waals surface area contributed by atoms with Gasteiger partial charge in [0.25, 0.3) is 0 Å². The Morgan fingerprint density at radius 1 is 1.30 bits per heavy atom. The van der Waals surface area contributed by atoms with E-state index in [1.54, 1.807) is 4.68 Å². The van der Waals surface area contributed by atoms with Crippen molar-refractivity contribution in [2.75, 3.05) is 12.3 Å². The number of rotatable bonds is 1. The molecule has 108 valence electrons. The summed E-state index contributed by atoms with van der Waals surface area (Å²) in [6.45, 7) is 0.641. The van der Waals surface area contributed by atoms with E-state index in [-0.39, 0.29) is 11.9 Å². The molecule has 0 aliphatic carbocycles. The standard InChI is InChI=1S/C13H14F3N3O/c14-13(15,16)9-4-5-10-8(12(9)17)7-18-19(10)11-3-1-2-6-20-11/h4-5,7,11H,1-3,6,17H2/t11-/m1/s1. The fourth-order valence-corrected chi connectivity index (χ4v) is 2.54. The molecule has 1 aromatic heterocycles. The molecule has 1 saturated heterocycles. The van der Waals surface area contributed by atoms with E-state index in [4.69, 9.17) is 10.5 Å². The molecule has 0 bridgehead atoms. The van der Waals surface area contributed by atoms with Crippen molar-refractivity contribution in [2.45, 2.75) is 31.7 Å². The molecule has 0 spiro atoms. The highest BCUT2D eigenvalue weighted by Crippen LogP contribution is 2.38. The van der Waals surface area contributed by atoms with Gasteiger partial charge in [-0.2, -0.15) is 18.3 Å². The highest BCUT2D eigenvalue weighted by molar-refractivity contribution is 5.92. The Hall–Kier alpha value is -1.76. The number of benzene rings is 1. The van der Waals surface area contributed by atoms with Gasteiger partial charge >= 0.3 is 6.18 Å². The number of hydrogen-bond acceptors (Lipinski definition) is 3. The molecule has 0 amide bonds. The summed E-state index contributed by atoms with van der Waals surface area (Å²) in [5.41, 5.74) is 5.10. The summed E-state index contributed by atoms with van der Waals surface area (Å²) < 4.78 is 45.6. The van der Waals surface area contributed by atoms with Gasteiger partial charge in [-0.05, 0) is 31.4 Å². The molecular weight excluding hydrogens is 271 g/mol. The maximum Gasteiger partial charge on any atom is 0.418 e. The Labute approximate surface area is 113 Å². The second-order valence-electron chi connectivity index (χ2n) is 4.87. The van der Waals surface area contributed by atoms with Crippen molar-refractivity contribution in [3.63, 3.8) is 0 Å². The SMILES string of the molecule is Nc1c(C(F)(F)F)ccc2c1cnn2[C@H]1CCCCO1. The van der Waals surface area contributed by atoms with E-state index < -0.39 is 11.7 Å². The van der Waals surface area contributed by atoms with E-state index in [2.05, 4.69) is 5.10 Å². The molecule has 2 N–H and O–H groups in total. The van der Waals surface area contributed by atoms with Crippen LogP contribution >= 0.6 is 0 Å². The Balaban J connectivity index is 2.08. The molecule has 0 radical (unpaired) electrons. The number of halogens is 3. The maximum atomic E-state index is 12.8. The van der Waals surface area contributed by atoms with Crippen molar-refractivity contribution in [1.82, 2.24) is 9.78 Å². The summed E-state index contributed by atoms with van der Waals surface area (Å²) in [4.78, 5) is 0. The Bertz CT molecular complexity index is 630. The summed E-state index contributed by atoms with van der Waals surface area (Å²) in [5, 5.41) is 4.46. The number of nitrogens with two attached hydrogens (primary N) is 1. The highest BCUT2D eigenvalue weighted by Gasteiger charge is 2.34. The predicted octanol–water partition coefficient (Wildman–Crippen LogP) is 3.34. The molecule has 0 saturated carbocycles. The fourth-order valence-electron chi connectivity index (χ4n) is 2.54. The minimum Gasteiger partial charge on any atom is -0.398 e. The third-order valence-corrected chi connectivity index (χ3v) is 3.56. The first-order chi connectivity index (χ1) is 9.48. The second-order valence-corrected chi connectivity index (χ2v) is 4.87. The van der Waals surface area contributed by atoms with Crippen LogP contribution in [0.4, 0.5) is 18.9 Å². The van der Waals surface area contributed by atoms with E-state index in [0.717, 1.165) is 25.3 Å². The number of nitrogens with zero attached hydrogens (tertiary/aromatic N) is 2. The Morgan fingerprint density at radius 3 is 2.75 bits per heavy atom. The molecule has 20 heavy (non-hydrogen) atoms. The zero-order valence-corrected chi connectivity index (χ0v) is 10.7. The van der Waals surface area contributed by atoms with Crippen molar-refractivity contribution in [3.8, 4) is 0 Å². The normalized spacial score (nSPS) is 20.4. The molecule has 3 rings (SSSR count). The van der Waals surface area contributed by atoms with Crippen molar-refractivity contribution in [2.24, 2.45) is 0 Å². The van der Waals surface area contributed by atoms with Crippen molar-refractivity contribution < 1.29 is 17.9 Å². The van der Waals surface area contributed by atoms with Crippen LogP contribution in [0.15, 0.2) is 18.3 Å². The van der Waals surface area contributed by atoms with E-state index in [1.165, 1.54) is 12.3 Å². The minimum absolute atomic E-state index is 0.225. The summed E-state index contributed by atoms with van der Waals surface area (Å²) in [5.74, 6) is 0. The molecule has 4 nitrogen and oxygen atoms in total. The predicted molar refractivity (Wildman–Crippen MR) is 68.0 cm³/mol. The molecule has 1 fully saturated rings. The quantitative estimate of drug-likeness (QED) is 0.818. The van der Waals surface area contributed by atoms with E-state index in [9.17, 15) is 13.2 Å². The van der Waals surface area contributed by atoms with E-state index in [1.807, 2.05) is 0 Å². The van der Waals surface area contributed by atoms with Crippen molar-refractivity contribution >= 4 is 16.6 Å². The second kappa shape index (κ2) is 4.66. The van der Waals surface area contributed by atoms with Crippen LogP contribution in [0.5, 0.6) is 0 Å². The fraction of sp³-hybridized carbons (Fsp3) is 0.462. The van der Waals surface area contributed by atoms with E-state index >= 15 is 0 Å². The molecule has 2 heterocycles. The first-order valence-electron chi connectivity index (χ1n) is 6.43. The maximum absolute atomic E-state index is 12.8. The van der Waals surface area contributed by atoms with Crippen LogP contribution in [0.25, 0.3) is 10.9 Å². The van der Waals surface area contributed by atoms with E-state index in [0.29, 0.717) is 17.5 Å². The summed E-state index contributed by atoms with van der Waals surface area (Å²) in [6.07, 6.45) is -0.493. The number of alkyl halides is 3. The van der Waals surface area contributed by atoms with Gasteiger partial charge in [0.15, 0.2) is 6.23 Å². The summed E-state index contributed by atoms with van der Waals surface area (Å²) in [6, 6.07) is 2.40. The van der Waals surface area contributed by atoms with Crippen molar-refractivity contribution in [1.29, 1.82) is 0 Å². The van der Waals surface area contributed by atoms with Gasteiger partial charge in [-0.15, -0.1) is 0 Å². The minimum atomic E-state index is -4.46. The lowest BCUT2D eigenvalue weighted by Crippen LogP contribution is -2.19. The van der Waals surface area contributed by atoms with Gasteiger partial charge < -0.3 is 10.5 Å². The largest absolute Gasteiger partial charge is 0.418 e. The van der Waals surface area contributed by atoms with Crippen LogP contribution in [0, 0.1) is 0 Å². The molecule has 1 aliphatic rings. The van der Waals surface area contributed by atoms with Gasteiger partial charge in [0.05, 0.1) is 23.0 Å².